The van der Waals surface area contributed by atoms with Crippen LogP contribution in [0.2, 0.25) is 0 Å². The van der Waals surface area contributed by atoms with Gasteiger partial charge in [-0.05, 0) is 53.9 Å². The Morgan fingerprint density at radius 1 is 1.08 bits per heavy atom. The highest BCUT2D eigenvalue weighted by atomic mass is 32.1. The summed E-state index contributed by atoms with van der Waals surface area (Å²) >= 11 is 1.49. The average Bonchev–Trinajstić information content (AvgIpc) is 3.03. The second-order valence-electron chi connectivity index (χ2n) is 6.30. The predicted molar refractivity (Wildman–Crippen MR) is 108 cm³/mol. The van der Waals surface area contributed by atoms with Gasteiger partial charge in [0.15, 0.2) is 5.13 Å². The molecule has 4 aromatic rings. The molecule has 0 aliphatic rings. The second kappa shape index (κ2) is 6.42. The zero-order chi connectivity index (χ0) is 18.3. The van der Waals surface area contributed by atoms with Crippen molar-refractivity contribution in [2.45, 2.75) is 13.8 Å². The minimum atomic E-state index is -0.221. The van der Waals surface area contributed by atoms with Gasteiger partial charge in [0, 0.05) is 0 Å². The summed E-state index contributed by atoms with van der Waals surface area (Å²) < 4.78 is 6.52. The number of nitrogens with zero attached hydrogens (tertiary/aromatic N) is 1. The molecule has 1 amide bonds. The van der Waals surface area contributed by atoms with E-state index in [1.807, 2.05) is 49.4 Å². The smallest absolute Gasteiger partial charge is 0.261 e. The average molecular weight is 362 g/mol. The Bertz CT molecular complexity index is 1150. The molecule has 0 spiro atoms. The topological polar surface area (TPSA) is 51.2 Å². The van der Waals surface area contributed by atoms with Crippen molar-refractivity contribution in [2.24, 2.45) is 0 Å². The van der Waals surface area contributed by atoms with Crippen molar-refractivity contribution in [1.29, 1.82) is 0 Å². The third kappa shape index (κ3) is 2.91. The molecule has 1 heterocycles. The fourth-order valence-electron chi connectivity index (χ4n) is 3.16. The van der Waals surface area contributed by atoms with Gasteiger partial charge in [0.2, 0.25) is 0 Å². The molecule has 3 aromatic carbocycles. The summed E-state index contributed by atoms with van der Waals surface area (Å²) in [7, 11) is 1.57. The standard InChI is InChI=1S/C21H18N2O2S/c1-12-8-13(2)19-17(9-12)22-21(26-19)23-20(24)16-10-14-6-4-5-7-15(14)11-18(16)25-3/h4-11H,1-3H3,(H,22,23,24). The molecule has 130 valence electrons. The van der Waals surface area contributed by atoms with Crippen molar-refractivity contribution >= 4 is 43.4 Å². The summed E-state index contributed by atoms with van der Waals surface area (Å²) in [5, 5.41) is 5.54. The van der Waals surface area contributed by atoms with E-state index in [4.69, 9.17) is 4.74 Å². The van der Waals surface area contributed by atoms with Gasteiger partial charge < -0.3 is 4.74 Å². The molecule has 0 radical (unpaired) electrons. The van der Waals surface area contributed by atoms with Crippen LogP contribution >= 0.6 is 11.3 Å². The van der Waals surface area contributed by atoms with Crippen LogP contribution in [0.15, 0.2) is 48.5 Å². The number of ether oxygens (including phenoxy) is 1. The van der Waals surface area contributed by atoms with E-state index in [0.29, 0.717) is 16.4 Å². The highest BCUT2D eigenvalue weighted by Gasteiger charge is 2.16. The molecular weight excluding hydrogens is 344 g/mol. The molecule has 4 nitrogen and oxygen atoms in total. The predicted octanol–water partition coefficient (Wildman–Crippen LogP) is 5.33. The van der Waals surface area contributed by atoms with E-state index in [1.165, 1.54) is 16.9 Å². The fraction of sp³-hybridized carbons (Fsp3) is 0.143. The maximum Gasteiger partial charge on any atom is 0.261 e. The summed E-state index contributed by atoms with van der Waals surface area (Å²) in [4.78, 5) is 17.4. The maximum absolute atomic E-state index is 12.8. The summed E-state index contributed by atoms with van der Waals surface area (Å²) in [6.07, 6.45) is 0. The molecule has 0 aliphatic carbocycles. The van der Waals surface area contributed by atoms with E-state index in [2.05, 4.69) is 23.3 Å². The van der Waals surface area contributed by atoms with Crippen molar-refractivity contribution in [3.63, 3.8) is 0 Å². The van der Waals surface area contributed by atoms with Crippen molar-refractivity contribution in [3.05, 3.63) is 65.2 Å². The number of nitrogens with one attached hydrogen (secondary N) is 1. The summed E-state index contributed by atoms with van der Waals surface area (Å²) in [5.41, 5.74) is 3.74. The van der Waals surface area contributed by atoms with Crippen LogP contribution in [0.3, 0.4) is 0 Å². The van der Waals surface area contributed by atoms with Gasteiger partial charge >= 0.3 is 0 Å². The van der Waals surface area contributed by atoms with Crippen molar-refractivity contribution < 1.29 is 9.53 Å². The van der Waals surface area contributed by atoms with Crippen LogP contribution in [0.4, 0.5) is 5.13 Å². The Labute approximate surface area is 155 Å². The number of amides is 1. The molecule has 0 atom stereocenters. The summed E-state index contributed by atoms with van der Waals surface area (Å²) in [6, 6.07) is 15.8. The minimum absolute atomic E-state index is 0.221. The Morgan fingerprint density at radius 3 is 2.54 bits per heavy atom. The largest absolute Gasteiger partial charge is 0.496 e. The highest BCUT2D eigenvalue weighted by molar-refractivity contribution is 7.22. The molecule has 0 saturated heterocycles. The molecule has 0 aliphatic heterocycles. The Kier molecular flexibility index (Phi) is 4.09. The molecule has 0 bridgehead atoms. The lowest BCUT2D eigenvalue weighted by molar-refractivity contribution is 0.102. The molecule has 1 aromatic heterocycles. The van der Waals surface area contributed by atoms with Gasteiger partial charge in [0.05, 0.1) is 22.9 Å². The molecule has 0 unspecified atom stereocenters. The van der Waals surface area contributed by atoms with Crippen molar-refractivity contribution in [2.75, 3.05) is 12.4 Å². The lowest BCUT2D eigenvalue weighted by Crippen LogP contribution is -2.13. The molecule has 1 N–H and O–H groups in total. The number of rotatable bonds is 3. The zero-order valence-electron chi connectivity index (χ0n) is 14.8. The number of hydrogen-bond donors (Lipinski definition) is 1. The Hall–Kier alpha value is -2.92. The zero-order valence-corrected chi connectivity index (χ0v) is 15.6. The van der Waals surface area contributed by atoms with E-state index in [-0.39, 0.29) is 5.91 Å². The minimum Gasteiger partial charge on any atom is -0.496 e. The van der Waals surface area contributed by atoms with Crippen LogP contribution in [-0.4, -0.2) is 18.0 Å². The second-order valence-corrected chi connectivity index (χ2v) is 7.30. The van der Waals surface area contributed by atoms with Crippen LogP contribution < -0.4 is 10.1 Å². The number of benzene rings is 3. The van der Waals surface area contributed by atoms with Crippen LogP contribution in [0.1, 0.15) is 21.5 Å². The maximum atomic E-state index is 12.8. The first-order valence-electron chi connectivity index (χ1n) is 8.31. The first-order chi connectivity index (χ1) is 12.5. The third-order valence-corrected chi connectivity index (χ3v) is 5.47. The third-order valence-electron chi connectivity index (χ3n) is 4.35. The van der Waals surface area contributed by atoms with Gasteiger partial charge in [0.25, 0.3) is 5.91 Å². The van der Waals surface area contributed by atoms with Gasteiger partial charge in [-0.3, -0.25) is 10.1 Å². The monoisotopic (exact) mass is 362 g/mol. The van der Waals surface area contributed by atoms with Crippen LogP contribution in [0.5, 0.6) is 5.75 Å². The lowest BCUT2D eigenvalue weighted by atomic mass is 10.1. The number of aromatic nitrogens is 1. The van der Waals surface area contributed by atoms with Crippen LogP contribution in [-0.2, 0) is 0 Å². The van der Waals surface area contributed by atoms with Gasteiger partial charge in [-0.2, -0.15) is 0 Å². The molecular formula is C21H18N2O2S. The Morgan fingerprint density at radius 2 is 1.81 bits per heavy atom. The SMILES string of the molecule is COc1cc2ccccc2cc1C(=O)Nc1nc2cc(C)cc(C)c2s1. The number of thiazole rings is 1. The van der Waals surface area contributed by atoms with E-state index in [1.54, 1.807) is 7.11 Å². The first kappa shape index (κ1) is 16.5. The van der Waals surface area contributed by atoms with E-state index in [0.717, 1.165) is 26.6 Å². The van der Waals surface area contributed by atoms with E-state index < -0.39 is 0 Å². The fourth-order valence-corrected chi connectivity index (χ4v) is 4.07. The number of anilines is 1. The van der Waals surface area contributed by atoms with Crippen molar-refractivity contribution in [1.82, 2.24) is 4.98 Å². The number of hydrogen-bond acceptors (Lipinski definition) is 4. The molecule has 0 saturated carbocycles. The van der Waals surface area contributed by atoms with Crippen LogP contribution in [0.25, 0.3) is 21.0 Å². The molecule has 0 fully saturated rings. The number of carbonyl (C=O) groups excluding carboxylic acids is 1. The normalized spacial score (nSPS) is 11.0. The van der Waals surface area contributed by atoms with E-state index in [9.17, 15) is 4.79 Å². The summed E-state index contributed by atoms with van der Waals surface area (Å²) in [6.45, 7) is 4.11. The van der Waals surface area contributed by atoms with Crippen molar-refractivity contribution in [3.8, 4) is 5.75 Å². The first-order valence-corrected chi connectivity index (χ1v) is 9.13. The van der Waals surface area contributed by atoms with Gasteiger partial charge in [0.1, 0.15) is 5.75 Å². The highest BCUT2D eigenvalue weighted by Crippen LogP contribution is 2.31. The van der Waals surface area contributed by atoms with Gasteiger partial charge in [-0.1, -0.05) is 41.7 Å². The molecule has 26 heavy (non-hydrogen) atoms. The van der Waals surface area contributed by atoms with Gasteiger partial charge in [-0.25, -0.2) is 4.98 Å². The summed E-state index contributed by atoms with van der Waals surface area (Å²) in [5.74, 6) is 0.329. The number of fused-ring (bicyclic) bond motifs is 2. The molecule has 4 rings (SSSR count). The number of carbonyl (C=O) groups is 1. The Balaban J connectivity index is 1.72. The van der Waals surface area contributed by atoms with Crippen LogP contribution in [0, 0.1) is 13.8 Å². The number of methoxy groups -OCH3 is 1. The lowest BCUT2D eigenvalue weighted by Gasteiger charge is -2.09. The molecule has 5 heteroatoms. The van der Waals surface area contributed by atoms with E-state index >= 15 is 0 Å². The quantitative estimate of drug-likeness (QED) is 0.536. The van der Waals surface area contributed by atoms with Gasteiger partial charge in [-0.15, -0.1) is 0 Å². The number of aryl methyl sites for hydroxylation is 2.